The smallest absolute Gasteiger partial charge is 0.318 e. The summed E-state index contributed by atoms with van der Waals surface area (Å²) in [6.45, 7) is 3.09. The number of piperidine rings is 1. The van der Waals surface area contributed by atoms with Crippen LogP contribution in [0, 0.1) is 17.6 Å². The van der Waals surface area contributed by atoms with E-state index < -0.39 is 11.6 Å². The van der Waals surface area contributed by atoms with Gasteiger partial charge in [-0.05, 0) is 43.5 Å². The number of amides is 2. The van der Waals surface area contributed by atoms with E-state index in [4.69, 9.17) is 4.74 Å². The van der Waals surface area contributed by atoms with Crippen molar-refractivity contribution in [2.24, 2.45) is 5.92 Å². The number of hydrogen-bond acceptors (Lipinski definition) is 4. The summed E-state index contributed by atoms with van der Waals surface area (Å²) in [6.07, 6.45) is 2.18. The largest absolute Gasteiger partial charge is 0.382 e. The summed E-state index contributed by atoms with van der Waals surface area (Å²) >= 11 is 0. The van der Waals surface area contributed by atoms with Crippen LogP contribution in [0.4, 0.5) is 13.6 Å². The third kappa shape index (κ3) is 8.44. The number of likely N-dealkylation sites (tertiary alicyclic amines) is 1. The van der Waals surface area contributed by atoms with Gasteiger partial charge in [0.2, 0.25) is 0 Å². The van der Waals surface area contributed by atoms with E-state index in [1.807, 2.05) is 60.7 Å². The van der Waals surface area contributed by atoms with Gasteiger partial charge in [-0.15, -0.1) is 0 Å². The standard InChI is InChI=1S/C32H37F2N3O3/c1-40-23-30(25-8-4-2-5-9-25)35-32(39)37(22-27-12-13-28(33)20-29(27)34)21-24-14-17-36(18-15-24)19-16-31(38)26-10-6-3-7-11-26/h2-13,20,24,30H,14-19,21-23H2,1H3,(H,35,39). The second-order valence-corrected chi connectivity index (χ2v) is 10.3. The number of methoxy groups -OCH3 is 1. The second kappa shape index (κ2) is 14.7. The SMILES string of the molecule is COCC(NC(=O)N(Cc1ccc(F)cc1F)CC1CCN(CCC(=O)c2ccccc2)CC1)c1ccccc1. The van der Waals surface area contributed by atoms with Crippen LogP contribution < -0.4 is 5.32 Å². The number of nitrogens with zero attached hydrogens (tertiary/aromatic N) is 2. The molecule has 1 fully saturated rings. The number of nitrogens with one attached hydrogen (secondary N) is 1. The molecule has 4 rings (SSSR count). The normalized spacial score (nSPS) is 15.0. The number of carbonyl (C=O) groups is 2. The molecule has 2 amide bonds. The third-order valence-corrected chi connectivity index (χ3v) is 7.43. The Morgan fingerprint density at radius 3 is 2.33 bits per heavy atom. The molecule has 3 aromatic rings. The summed E-state index contributed by atoms with van der Waals surface area (Å²) in [7, 11) is 1.58. The zero-order valence-corrected chi connectivity index (χ0v) is 22.9. The molecule has 0 spiro atoms. The number of ketones is 1. The van der Waals surface area contributed by atoms with Crippen molar-refractivity contribution in [3.8, 4) is 0 Å². The molecule has 1 aliphatic heterocycles. The molecule has 40 heavy (non-hydrogen) atoms. The Morgan fingerprint density at radius 2 is 1.68 bits per heavy atom. The van der Waals surface area contributed by atoms with Crippen LogP contribution in [0.1, 0.15) is 46.8 Å². The molecule has 1 unspecified atom stereocenters. The van der Waals surface area contributed by atoms with E-state index in [9.17, 15) is 18.4 Å². The summed E-state index contributed by atoms with van der Waals surface area (Å²) in [5, 5.41) is 3.05. The van der Waals surface area contributed by atoms with Crippen LogP contribution in [0.3, 0.4) is 0 Å². The first-order valence-corrected chi connectivity index (χ1v) is 13.8. The first-order chi connectivity index (χ1) is 19.4. The summed E-state index contributed by atoms with van der Waals surface area (Å²) in [5.74, 6) is -0.976. The molecule has 0 bridgehead atoms. The number of hydrogen-bond donors (Lipinski definition) is 1. The topological polar surface area (TPSA) is 61.9 Å². The molecule has 8 heteroatoms. The number of halogens is 2. The van der Waals surface area contributed by atoms with Gasteiger partial charge in [0.15, 0.2) is 5.78 Å². The van der Waals surface area contributed by atoms with Gasteiger partial charge < -0.3 is 19.9 Å². The van der Waals surface area contributed by atoms with Crippen LogP contribution in [-0.4, -0.2) is 61.5 Å². The molecule has 3 aromatic carbocycles. The van der Waals surface area contributed by atoms with E-state index in [-0.39, 0.29) is 42.5 Å². The van der Waals surface area contributed by atoms with E-state index in [2.05, 4.69) is 10.2 Å². The van der Waals surface area contributed by atoms with E-state index in [1.165, 1.54) is 12.1 Å². The zero-order chi connectivity index (χ0) is 28.3. The lowest BCUT2D eigenvalue weighted by Gasteiger charge is -2.35. The fourth-order valence-electron chi connectivity index (χ4n) is 5.12. The van der Waals surface area contributed by atoms with Gasteiger partial charge in [-0.3, -0.25) is 4.79 Å². The van der Waals surface area contributed by atoms with E-state index in [0.29, 0.717) is 19.5 Å². The molecule has 1 saturated heterocycles. The second-order valence-electron chi connectivity index (χ2n) is 10.3. The summed E-state index contributed by atoms with van der Waals surface area (Å²) in [4.78, 5) is 29.9. The van der Waals surface area contributed by atoms with Gasteiger partial charge in [-0.25, -0.2) is 13.6 Å². The highest BCUT2D eigenvalue weighted by Crippen LogP contribution is 2.22. The minimum Gasteiger partial charge on any atom is -0.382 e. The number of rotatable bonds is 12. The Bertz CT molecular complexity index is 1230. The Morgan fingerprint density at radius 1 is 1.00 bits per heavy atom. The lowest BCUT2D eigenvalue weighted by molar-refractivity contribution is 0.0941. The van der Waals surface area contributed by atoms with Gasteiger partial charge in [-0.2, -0.15) is 0 Å². The maximum Gasteiger partial charge on any atom is 0.318 e. The van der Waals surface area contributed by atoms with Crippen molar-refractivity contribution in [2.45, 2.75) is 31.8 Å². The first-order valence-electron chi connectivity index (χ1n) is 13.8. The van der Waals surface area contributed by atoms with Crippen LogP contribution in [0.15, 0.2) is 78.9 Å². The van der Waals surface area contributed by atoms with Crippen molar-refractivity contribution in [3.05, 3.63) is 107 Å². The van der Waals surface area contributed by atoms with Crippen LogP contribution >= 0.6 is 0 Å². The molecule has 1 atom stereocenters. The Labute approximate surface area is 234 Å². The number of carbonyl (C=O) groups excluding carboxylic acids is 2. The molecule has 1 heterocycles. The Balaban J connectivity index is 1.38. The minimum absolute atomic E-state index is 0.0260. The van der Waals surface area contributed by atoms with E-state index in [1.54, 1.807) is 12.0 Å². The van der Waals surface area contributed by atoms with Gasteiger partial charge >= 0.3 is 6.03 Å². The monoisotopic (exact) mass is 549 g/mol. The number of benzene rings is 3. The lowest BCUT2D eigenvalue weighted by atomic mass is 9.95. The van der Waals surface area contributed by atoms with Crippen LogP contribution in [0.25, 0.3) is 0 Å². The fraction of sp³-hybridized carbons (Fsp3) is 0.375. The minimum atomic E-state index is -0.674. The highest BCUT2D eigenvalue weighted by atomic mass is 19.1. The zero-order valence-electron chi connectivity index (χ0n) is 22.9. The molecule has 0 radical (unpaired) electrons. The summed E-state index contributed by atoms with van der Waals surface area (Å²) in [6, 6.07) is 21.6. The quantitative estimate of drug-likeness (QED) is 0.288. The molecule has 0 saturated carbocycles. The number of Topliss-reactive ketones (excluding diaryl/α,β-unsaturated/α-hetero) is 1. The van der Waals surface area contributed by atoms with Crippen molar-refractivity contribution in [3.63, 3.8) is 0 Å². The first kappa shape index (κ1) is 29.4. The molecule has 1 N–H and O–H groups in total. The molecular formula is C32H37F2N3O3. The molecule has 1 aliphatic rings. The predicted octanol–water partition coefficient (Wildman–Crippen LogP) is 5.85. The molecular weight excluding hydrogens is 512 g/mol. The van der Waals surface area contributed by atoms with Gasteiger partial charge in [0.1, 0.15) is 11.6 Å². The average Bonchev–Trinajstić information content (AvgIpc) is 2.98. The van der Waals surface area contributed by atoms with Crippen LogP contribution in [-0.2, 0) is 11.3 Å². The van der Waals surface area contributed by atoms with Gasteiger partial charge in [0.25, 0.3) is 0 Å². The average molecular weight is 550 g/mol. The van der Waals surface area contributed by atoms with Gasteiger partial charge in [0.05, 0.1) is 19.2 Å². The fourth-order valence-corrected chi connectivity index (χ4v) is 5.12. The lowest BCUT2D eigenvalue weighted by Crippen LogP contribution is -2.46. The van der Waals surface area contributed by atoms with Crippen LogP contribution in [0.2, 0.25) is 0 Å². The maximum absolute atomic E-state index is 14.6. The molecule has 212 valence electrons. The van der Waals surface area contributed by atoms with E-state index >= 15 is 0 Å². The molecule has 0 aromatic heterocycles. The maximum atomic E-state index is 14.6. The van der Waals surface area contributed by atoms with Crippen molar-refractivity contribution in [1.29, 1.82) is 0 Å². The molecule has 6 nitrogen and oxygen atoms in total. The van der Waals surface area contributed by atoms with Gasteiger partial charge in [-0.1, -0.05) is 66.7 Å². The Hall–Kier alpha value is -3.62. The number of urea groups is 1. The van der Waals surface area contributed by atoms with E-state index in [0.717, 1.165) is 43.1 Å². The predicted molar refractivity (Wildman–Crippen MR) is 151 cm³/mol. The highest BCUT2D eigenvalue weighted by molar-refractivity contribution is 5.96. The summed E-state index contributed by atoms with van der Waals surface area (Å²) in [5.41, 5.74) is 1.90. The van der Waals surface area contributed by atoms with Crippen LogP contribution in [0.5, 0.6) is 0 Å². The van der Waals surface area contributed by atoms with Crippen molar-refractivity contribution in [1.82, 2.24) is 15.1 Å². The molecule has 0 aliphatic carbocycles. The van der Waals surface area contributed by atoms with Crippen molar-refractivity contribution in [2.75, 3.05) is 39.9 Å². The van der Waals surface area contributed by atoms with Crippen molar-refractivity contribution < 1.29 is 23.1 Å². The number of ether oxygens (including phenoxy) is 1. The highest BCUT2D eigenvalue weighted by Gasteiger charge is 2.26. The third-order valence-electron chi connectivity index (χ3n) is 7.43. The van der Waals surface area contributed by atoms with Gasteiger partial charge in [0, 0.05) is 43.8 Å². The summed E-state index contributed by atoms with van der Waals surface area (Å²) < 4.78 is 33.5. The Kier molecular flexibility index (Phi) is 10.8. The van der Waals surface area contributed by atoms with Crippen molar-refractivity contribution >= 4 is 11.8 Å².